The molecule has 1 aromatic rings. The summed E-state index contributed by atoms with van der Waals surface area (Å²) in [6, 6.07) is 2.40. The van der Waals surface area contributed by atoms with Crippen LogP contribution < -0.4 is 5.32 Å². The summed E-state index contributed by atoms with van der Waals surface area (Å²) in [5, 5.41) is 12.6. The van der Waals surface area contributed by atoms with Crippen molar-refractivity contribution in [2.45, 2.75) is 71.4 Å². The monoisotopic (exact) mass is 274 g/mol. The number of aromatic nitrogens is 2. The molecule has 0 spiro atoms. The van der Waals surface area contributed by atoms with Gasteiger partial charge in [-0.3, -0.25) is 5.32 Å². The van der Waals surface area contributed by atoms with E-state index in [2.05, 4.69) is 22.9 Å². The number of nitrogens with one attached hydrogen (secondary N) is 1. The van der Waals surface area contributed by atoms with Crippen molar-refractivity contribution >= 4 is 0 Å². The molecular formula is C16H26N4. The van der Waals surface area contributed by atoms with Crippen molar-refractivity contribution < 1.29 is 0 Å². The van der Waals surface area contributed by atoms with E-state index in [9.17, 15) is 5.26 Å². The Hall–Kier alpha value is -1.34. The normalized spacial score (nSPS) is 17.3. The molecule has 0 bridgehead atoms. The number of nitrogens with zero attached hydrogens (tertiary/aromatic N) is 3. The molecule has 110 valence electrons. The number of hydrogen-bond acceptors (Lipinski definition) is 3. The quantitative estimate of drug-likeness (QED) is 0.868. The van der Waals surface area contributed by atoms with Crippen molar-refractivity contribution in [3.8, 4) is 6.07 Å². The first-order valence-electron chi connectivity index (χ1n) is 7.81. The number of aryl methyl sites for hydroxylation is 2. The zero-order chi connectivity index (χ0) is 14.6. The Morgan fingerprint density at radius 3 is 2.85 bits per heavy atom. The Balaban J connectivity index is 1.98. The molecule has 20 heavy (non-hydrogen) atoms. The van der Waals surface area contributed by atoms with Gasteiger partial charge in [0.25, 0.3) is 0 Å². The molecule has 1 aliphatic carbocycles. The largest absolute Gasteiger partial charge is 0.332 e. The zero-order valence-corrected chi connectivity index (χ0v) is 13.0. The number of nitriles is 1. The second-order valence-corrected chi connectivity index (χ2v) is 5.99. The summed E-state index contributed by atoms with van der Waals surface area (Å²) in [4.78, 5) is 4.71. The average molecular weight is 274 g/mol. The van der Waals surface area contributed by atoms with Gasteiger partial charge in [0.1, 0.15) is 11.4 Å². The van der Waals surface area contributed by atoms with Gasteiger partial charge in [-0.15, -0.1) is 0 Å². The van der Waals surface area contributed by atoms with E-state index in [1.54, 1.807) is 0 Å². The third kappa shape index (κ3) is 3.21. The van der Waals surface area contributed by atoms with E-state index in [4.69, 9.17) is 4.98 Å². The van der Waals surface area contributed by atoms with Crippen LogP contribution in [0.1, 0.15) is 56.7 Å². The minimum absolute atomic E-state index is 0.400. The van der Waals surface area contributed by atoms with Crippen LogP contribution in [0.5, 0.6) is 0 Å². The van der Waals surface area contributed by atoms with E-state index < -0.39 is 5.54 Å². The van der Waals surface area contributed by atoms with E-state index in [0.717, 1.165) is 38.2 Å². The van der Waals surface area contributed by atoms with E-state index in [1.807, 2.05) is 13.8 Å². The van der Waals surface area contributed by atoms with E-state index in [1.165, 1.54) is 30.7 Å². The minimum Gasteiger partial charge on any atom is -0.332 e. The summed E-state index contributed by atoms with van der Waals surface area (Å²) in [5.74, 6) is 1.14. The summed E-state index contributed by atoms with van der Waals surface area (Å²) in [6.45, 7) is 7.96. The van der Waals surface area contributed by atoms with Crippen molar-refractivity contribution in [2.24, 2.45) is 0 Å². The van der Waals surface area contributed by atoms with Crippen molar-refractivity contribution in [3.05, 3.63) is 17.2 Å². The number of rotatable bonds is 6. The van der Waals surface area contributed by atoms with Gasteiger partial charge in [0.2, 0.25) is 0 Å². The van der Waals surface area contributed by atoms with E-state index >= 15 is 0 Å². The number of hydrogen-bond donors (Lipinski definition) is 1. The highest BCUT2D eigenvalue weighted by molar-refractivity contribution is 5.19. The van der Waals surface area contributed by atoms with Crippen LogP contribution in [0.25, 0.3) is 0 Å². The Bertz CT molecular complexity index is 497. The van der Waals surface area contributed by atoms with Crippen LogP contribution >= 0.6 is 0 Å². The fraction of sp³-hybridized carbons (Fsp3) is 0.750. The molecule has 1 atom stereocenters. The fourth-order valence-electron chi connectivity index (χ4n) is 3.20. The maximum absolute atomic E-state index is 9.29. The van der Waals surface area contributed by atoms with Gasteiger partial charge in [-0.25, -0.2) is 4.98 Å². The Labute approximate surface area is 122 Å². The first-order chi connectivity index (χ1) is 9.59. The topological polar surface area (TPSA) is 53.6 Å². The molecule has 0 saturated heterocycles. The average Bonchev–Trinajstić information content (AvgIpc) is 2.75. The molecule has 1 unspecified atom stereocenters. The maximum Gasteiger partial charge on any atom is 0.106 e. The van der Waals surface area contributed by atoms with Crippen molar-refractivity contribution in [1.82, 2.24) is 14.9 Å². The van der Waals surface area contributed by atoms with Gasteiger partial charge in [0.05, 0.1) is 11.8 Å². The first kappa shape index (κ1) is 15.1. The van der Waals surface area contributed by atoms with Crippen LogP contribution in [-0.2, 0) is 19.4 Å². The van der Waals surface area contributed by atoms with Crippen LogP contribution in [0.15, 0.2) is 0 Å². The highest BCUT2D eigenvalue weighted by atomic mass is 15.1. The third-order valence-corrected chi connectivity index (χ3v) is 4.30. The smallest absolute Gasteiger partial charge is 0.106 e. The summed E-state index contributed by atoms with van der Waals surface area (Å²) in [7, 11) is 0. The summed E-state index contributed by atoms with van der Waals surface area (Å²) >= 11 is 0. The molecule has 1 N–H and O–H groups in total. The van der Waals surface area contributed by atoms with Crippen LogP contribution in [0.3, 0.4) is 0 Å². The van der Waals surface area contributed by atoms with Gasteiger partial charge in [0.15, 0.2) is 0 Å². The number of fused-ring (bicyclic) bond motifs is 1. The van der Waals surface area contributed by atoms with Gasteiger partial charge in [-0.2, -0.15) is 5.26 Å². The lowest BCUT2D eigenvalue weighted by Gasteiger charge is -2.23. The van der Waals surface area contributed by atoms with Gasteiger partial charge >= 0.3 is 0 Å². The summed E-state index contributed by atoms with van der Waals surface area (Å²) < 4.78 is 2.37. The lowest BCUT2D eigenvalue weighted by Crippen LogP contribution is -2.40. The predicted octanol–water partition coefficient (Wildman–Crippen LogP) is 2.74. The highest BCUT2D eigenvalue weighted by Gasteiger charge is 2.23. The fourth-order valence-corrected chi connectivity index (χ4v) is 3.20. The Morgan fingerprint density at radius 1 is 1.40 bits per heavy atom. The standard InChI is InChI=1S/C16H26N4/c1-4-18-16(3,12-17)10-7-11-20-13(2)19-14-8-5-6-9-15(14)20/h18H,4-11H2,1-3H3. The summed E-state index contributed by atoms with van der Waals surface area (Å²) in [5.41, 5.74) is 2.35. The Morgan fingerprint density at radius 2 is 2.15 bits per heavy atom. The molecule has 0 saturated carbocycles. The van der Waals surface area contributed by atoms with Gasteiger partial charge in [-0.05, 0) is 58.9 Å². The predicted molar refractivity (Wildman–Crippen MR) is 80.5 cm³/mol. The third-order valence-electron chi connectivity index (χ3n) is 4.30. The Kier molecular flexibility index (Phi) is 4.82. The van der Waals surface area contributed by atoms with E-state index in [0.29, 0.717) is 0 Å². The van der Waals surface area contributed by atoms with Crippen molar-refractivity contribution in [2.75, 3.05) is 6.54 Å². The minimum atomic E-state index is -0.400. The first-order valence-corrected chi connectivity index (χ1v) is 7.81. The molecule has 1 aliphatic rings. The van der Waals surface area contributed by atoms with Crippen molar-refractivity contribution in [1.29, 1.82) is 5.26 Å². The van der Waals surface area contributed by atoms with Crippen LogP contribution in [-0.4, -0.2) is 21.6 Å². The second kappa shape index (κ2) is 6.41. The molecule has 0 aromatic carbocycles. The molecule has 2 rings (SSSR count). The molecule has 1 heterocycles. The lowest BCUT2D eigenvalue weighted by atomic mass is 9.97. The highest BCUT2D eigenvalue weighted by Crippen LogP contribution is 2.23. The molecule has 4 heteroatoms. The van der Waals surface area contributed by atoms with Gasteiger partial charge < -0.3 is 4.57 Å². The molecule has 0 radical (unpaired) electrons. The molecule has 4 nitrogen and oxygen atoms in total. The summed E-state index contributed by atoms with van der Waals surface area (Å²) in [6.07, 6.45) is 6.75. The SMILES string of the molecule is CCNC(C)(C#N)CCCn1c(C)nc2c1CCCC2. The van der Waals surface area contributed by atoms with Gasteiger partial charge in [0, 0.05) is 12.2 Å². The van der Waals surface area contributed by atoms with Crippen LogP contribution in [0, 0.1) is 18.3 Å². The van der Waals surface area contributed by atoms with Crippen LogP contribution in [0.2, 0.25) is 0 Å². The lowest BCUT2D eigenvalue weighted by molar-refractivity contribution is 0.399. The molecular weight excluding hydrogens is 248 g/mol. The molecule has 0 amide bonds. The molecule has 0 fully saturated rings. The van der Waals surface area contributed by atoms with Crippen LogP contribution in [0.4, 0.5) is 0 Å². The van der Waals surface area contributed by atoms with Gasteiger partial charge in [-0.1, -0.05) is 6.92 Å². The van der Waals surface area contributed by atoms with Crippen molar-refractivity contribution in [3.63, 3.8) is 0 Å². The zero-order valence-electron chi connectivity index (χ0n) is 13.0. The second-order valence-electron chi connectivity index (χ2n) is 5.99. The van der Waals surface area contributed by atoms with E-state index in [-0.39, 0.29) is 0 Å². The maximum atomic E-state index is 9.29. The number of imidazole rings is 1. The molecule has 0 aliphatic heterocycles. The molecule has 1 aromatic heterocycles.